The second-order valence-electron chi connectivity index (χ2n) is 16.7. The van der Waals surface area contributed by atoms with Gasteiger partial charge >= 0.3 is 5.97 Å². The van der Waals surface area contributed by atoms with Crippen molar-refractivity contribution in [3.05, 3.63) is 81.0 Å². The van der Waals surface area contributed by atoms with E-state index in [9.17, 15) is 20.1 Å². The molecule has 3 aliphatic rings. The zero-order valence-corrected chi connectivity index (χ0v) is 32.7. The van der Waals surface area contributed by atoms with Gasteiger partial charge in [0.25, 0.3) is 0 Å². The topological polar surface area (TPSA) is 96.2 Å². The molecule has 4 atom stereocenters. The molecule has 6 heteroatoms. The number of carbonyl (C=O) groups excluding carboxylic acids is 1. The van der Waals surface area contributed by atoms with Crippen LogP contribution in [0.15, 0.2) is 47.6 Å². The predicted octanol–water partition coefficient (Wildman–Crippen LogP) is 11.0. The Balaban J connectivity index is 1.57. The van der Waals surface area contributed by atoms with Crippen LogP contribution >= 0.6 is 0 Å². The van der Waals surface area contributed by atoms with Crippen molar-refractivity contribution in [2.45, 2.75) is 163 Å². The minimum atomic E-state index is -1.32. The number of aliphatic hydroxyl groups excluding tert-OH is 1. The number of hydrogen-bond acceptors (Lipinski definition) is 6. The van der Waals surface area contributed by atoms with Gasteiger partial charge in [0.05, 0.1) is 5.56 Å². The van der Waals surface area contributed by atoms with Gasteiger partial charge in [-0.25, -0.2) is 4.79 Å². The van der Waals surface area contributed by atoms with Crippen LogP contribution in [-0.4, -0.2) is 38.6 Å². The molecule has 6 nitrogen and oxygen atoms in total. The van der Waals surface area contributed by atoms with Crippen LogP contribution in [0.25, 0.3) is 5.57 Å². The Morgan fingerprint density at radius 3 is 2.27 bits per heavy atom. The summed E-state index contributed by atoms with van der Waals surface area (Å²) < 4.78 is 12.9. The first-order chi connectivity index (χ1) is 24.0. The first-order valence-corrected chi connectivity index (χ1v) is 19.4. The summed E-state index contributed by atoms with van der Waals surface area (Å²) in [5, 5.41) is 35.9. The average Bonchev–Trinajstić information content (AvgIpc) is 3.04. The van der Waals surface area contributed by atoms with Crippen molar-refractivity contribution in [1.82, 2.24) is 0 Å². The molecule has 51 heavy (non-hydrogen) atoms. The Morgan fingerprint density at radius 1 is 0.961 bits per heavy atom. The summed E-state index contributed by atoms with van der Waals surface area (Å²) in [6, 6.07) is 5.82. The van der Waals surface area contributed by atoms with Gasteiger partial charge in [-0.05, 0) is 133 Å². The predicted molar refractivity (Wildman–Crippen MR) is 207 cm³/mol. The largest absolute Gasteiger partial charge is 0.507 e. The number of allylic oxidation sites excluding steroid dienone is 3. The number of esters is 1. The maximum absolute atomic E-state index is 14.6. The maximum Gasteiger partial charge on any atom is 0.342 e. The third kappa shape index (κ3) is 7.27. The van der Waals surface area contributed by atoms with Crippen LogP contribution in [0.2, 0.25) is 0 Å². The summed E-state index contributed by atoms with van der Waals surface area (Å²) in [6.07, 6.45) is 11.3. The molecule has 2 aromatic carbocycles. The van der Waals surface area contributed by atoms with Crippen LogP contribution in [0.1, 0.15) is 164 Å². The lowest BCUT2D eigenvalue weighted by Crippen LogP contribution is -2.50. The number of benzene rings is 2. The van der Waals surface area contributed by atoms with E-state index in [-0.39, 0.29) is 28.4 Å². The molecule has 278 valence electrons. The molecule has 3 N–H and O–H groups in total. The quantitative estimate of drug-likeness (QED) is 0.116. The van der Waals surface area contributed by atoms with Gasteiger partial charge in [-0.3, -0.25) is 0 Å². The van der Waals surface area contributed by atoms with Gasteiger partial charge in [0.2, 0.25) is 0 Å². The molecule has 1 heterocycles. The smallest absolute Gasteiger partial charge is 0.342 e. The van der Waals surface area contributed by atoms with E-state index in [0.717, 1.165) is 91.2 Å². The number of carbonyl (C=O) groups is 1. The number of unbranched alkanes of at least 4 members (excludes halogenated alkanes) is 4. The molecule has 0 radical (unpaired) electrons. The molecule has 2 unspecified atom stereocenters. The number of phenolic OH excluding ortho intramolecular Hbond substituents is 2. The van der Waals surface area contributed by atoms with E-state index in [4.69, 9.17) is 9.47 Å². The first-order valence-electron chi connectivity index (χ1n) is 19.4. The zero-order valence-electron chi connectivity index (χ0n) is 32.7. The van der Waals surface area contributed by atoms with E-state index >= 15 is 0 Å². The number of phenols is 2. The zero-order chi connectivity index (χ0) is 37.5. The number of aromatic hydroxyl groups is 2. The number of aryl methyl sites for hydroxylation is 3. The molecule has 2 aromatic rings. The Hall–Kier alpha value is -3.51. The summed E-state index contributed by atoms with van der Waals surface area (Å²) >= 11 is 0. The first kappa shape index (κ1) is 38.7. The SMILES string of the molecule is C=C(C)[C@]1(C)CCC(C)=C[C@H]1c1c(C)cc(CCCCC)c(C(=O)OC2(C)CCC3=C(c4c(O)cc(CCCCC)cc4OC3(C)C)C2O)c1O. The summed E-state index contributed by atoms with van der Waals surface area (Å²) in [5.74, 6) is -0.224. The van der Waals surface area contributed by atoms with E-state index < -0.39 is 23.3 Å². The molecule has 2 aliphatic carbocycles. The summed E-state index contributed by atoms with van der Waals surface area (Å²) in [5.41, 5.74) is 5.53. The Labute approximate surface area is 306 Å². The minimum Gasteiger partial charge on any atom is -0.507 e. The van der Waals surface area contributed by atoms with Gasteiger partial charge < -0.3 is 24.8 Å². The second kappa shape index (κ2) is 14.8. The van der Waals surface area contributed by atoms with Crippen LogP contribution in [0.5, 0.6) is 17.2 Å². The highest BCUT2D eigenvalue weighted by atomic mass is 16.6. The lowest BCUT2D eigenvalue weighted by atomic mass is 9.62. The highest BCUT2D eigenvalue weighted by molar-refractivity contribution is 5.96. The van der Waals surface area contributed by atoms with Crippen molar-refractivity contribution in [2.24, 2.45) is 5.41 Å². The number of fused-ring (bicyclic) bond motifs is 2. The molecule has 0 bridgehead atoms. The summed E-state index contributed by atoms with van der Waals surface area (Å²) in [6.45, 7) is 22.8. The lowest BCUT2D eigenvalue weighted by Gasteiger charge is -2.47. The lowest BCUT2D eigenvalue weighted by molar-refractivity contribution is -0.0694. The molecule has 0 spiro atoms. The van der Waals surface area contributed by atoms with Gasteiger partial charge in [0, 0.05) is 17.1 Å². The van der Waals surface area contributed by atoms with Crippen LogP contribution < -0.4 is 4.74 Å². The van der Waals surface area contributed by atoms with Crippen molar-refractivity contribution in [1.29, 1.82) is 0 Å². The monoisotopic (exact) mass is 698 g/mol. The average molecular weight is 699 g/mol. The van der Waals surface area contributed by atoms with Crippen molar-refractivity contribution in [3.8, 4) is 17.2 Å². The third-order valence-corrected chi connectivity index (χ3v) is 12.3. The number of aliphatic hydroxyl groups is 1. The Morgan fingerprint density at radius 2 is 1.63 bits per heavy atom. The molecule has 0 saturated heterocycles. The van der Waals surface area contributed by atoms with Crippen molar-refractivity contribution < 1.29 is 29.6 Å². The fraction of sp³-hybridized carbons (Fsp3) is 0.578. The van der Waals surface area contributed by atoms with E-state index in [1.807, 2.05) is 26.8 Å². The van der Waals surface area contributed by atoms with Gasteiger partial charge in [0.1, 0.15) is 40.1 Å². The van der Waals surface area contributed by atoms with E-state index in [1.54, 1.807) is 13.0 Å². The van der Waals surface area contributed by atoms with Gasteiger partial charge in [-0.2, -0.15) is 0 Å². The van der Waals surface area contributed by atoms with Crippen molar-refractivity contribution in [3.63, 3.8) is 0 Å². The van der Waals surface area contributed by atoms with E-state index in [2.05, 4.69) is 53.3 Å². The highest BCUT2D eigenvalue weighted by Crippen LogP contribution is 2.55. The minimum absolute atomic E-state index is 0.0329. The van der Waals surface area contributed by atoms with E-state index in [0.29, 0.717) is 36.1 Å². The van der Waals surface area contributed by atoms with Gasteiger partial charge in [-0.15, -0.1) is 0 Å². The maximum atomic E-state index is 14.6. The van der Waals surface area contributed by atoms with Crippen LogP contribution in [-0.2, 0) is 17.6 Å². The normalized spacial score (nSPS) is 25.4. The molecule has 0 aromatic heterocycles. The molecule has 5 rings (SSSR count). The Kier molecular flexibility index (Phi) is 11.3. The van der Waals surface area contributed by atoms with Crippen LogP contribution in [0, 0.1) is 12.3 Å². The van der Waals surface area contributed by atoms with Gasteiger partial charge in [0.15, 0.2) is 0 Å². The number of rotatable bonds is 12. The third-order valence-electron chi connectivity index (χ3n) is 12.3. The Bertz CT molecular complexity index is 1740. The summed E-state index contributed by atoms with van der Waals surface area (Å²) in [4.78, 5) is 14.6. The number of hydrogen-bond donors (Lipinski definition) is 3. The molecule has 0 fully saturated rings. The van der Waals surface area contributed by atoms with E-state index in [1.165, 1.54) is 5.57 Å². The van der Waals surface area contributed by atoms with Gasteiger partial charge in [-0.1, -0.05) is 76.3 Å². The fourth-order valence-electron chi connectivity index (χ4n) is 8.78. The van der Waals surface area contributed by atoms with Crippen molar-refractivity contribution in [2.75, 3.05) is 0 Å². The fourth-order valence-corrected chi connectivity index (χ4v) is 8.78. The highest BCUT2D eigenvalue weighted by Gasteiger charge is 2.51. The molecule has 1 aliphatic heterocycles. The summed E-state index contributed by atoms with van der Waals surface area (Å²) in [7, 11) is 0. The standard InChI is InChI=1S/C45H62O6/c1-11-13-15-17-30-25-34(46)39-35(26-30)50-43(7,8)32-20-22-45(10,41(48)38(32)39)51-42(49)37-31(18-16-14-12-2)24-29(6)36(40(37)47)33-23-28(5)19-21-44(33,9)27(3)4/h23-26,33,41,46-48H,3,11-22H2,1-2,4-10H3/t33-,41?,44-,45?/m0/s1. The molecule has 0 saturated carbocycles. The molecule has 0 amide bonds. The molecular formula is C45H62O6. The second-order valence-corrected chi connectivity index (χ2v) is 16.7. The van der Waals surface area contributed by atoms with Crippen LogP contribution in [0.4, 0.5) is 0 Å². The van der Waals surface area contributed by atoms with Crippen LogP contribution in [0.3, 0.4) is 0 Å². The van der Waals surface area contributed by atoms with Crippen molar-refractivity contribution >= 4 is 11.5 Å². The number of ether oxygens (including phenoxy) is 2. The molecular weight excluding hydrogens is 636 g/mol.